The number of primary sulfonamides is 1. The topological polar surface area (TPSA) is 90.6 Å². The highest BCUT2D eigenvalue weighted by Gasteiger charge is 2.08. The Morgan fingerprint density at radius 2 is 1.65 bits per heavy atom. The van der Waals surface area contributed by atoms with Crippen LogP contribution in [-0.2, 0) is 29.6 Å². The largest absolute Gasteiger partial charge is 0.493 e. The average molecular weight is 441 g/mol. The van der Waals surface area contributed by atoms with Gasteiger partial charge in [-0.3, -0.25) is 0 Å². The predicted molar refractivity (Wildman–Crippen MR) is 122 cm³/mol. The van der Waals surface area contributed by atoms with Crippen molar-refractivity contribution in [2.75, 3.05) is 13.7 Å². The van der Waals surface area contributed by atoms with Crippen LogP contribution in [0.1, 0.15) is 22.3 Å². The lowest BCUT2D eigenvalue weighted by Crippen LogP contribution is -2.17. The Morgan fingerprint density at radius 1 is 0.935 bits per heavy atom. The van der Waals surface area contributed by atoms with Gasteiger partial charge in [0.15, 0.2) is 11.5 Å². The summed E-state index contributed by atoms with van der Waals surface area (Å²) in [4.78, 5) is 0.126. The van der Waals surface area contributed by atoms with Gasteiger partial charge in [0.25, 0.3) is 0 Å². The van der Waals surface area contributed by atoms with Gasteiger partial charge in [-0.05, 0) is 66.4 Å². The molecule has 0 radical (unpaired) electrons. The number of sulfonamides is 1. The van der Waals surface area contributed by atoms with Gasteiger partial charge in [0.05, 0.1) is 12.0 Å². The van der Waals surface area contributed by atoms with Crippen molar-refractivity contribution in [3.05, 3.63) is 89.0 Å². The van der Waals surface area contributed by atoms with Gasteiger partial charge in [-0.15, -0.1) is 0 Å². The number of benzene rings is 3. The van der Waals surface area contributed by atoms with Crippen LogP contribution in [0.4, 0.5) is 0 Å². The second-order valence-corrected chi connectivity index (χ2v) is 8.88. The molecule has 164 valence electrons. The molecule has 0 heterocycles. The van der Waals surface area contributed by atoms with Crippen LogP contribution in [-0.4, -0.2) is 22.1 Å². The molecule has 0 spiro atoms. The minimum Gasteiger partial charge on any atom is -0.493 e. The number of nitrogens with two attached hydrogens (primary N) is 1. The Kier molecular flexibility index (Phi) is 7.68. The molecule has 31 heavy (non-hydrogen) atoms. The number of hydrogen-bond acceptors (Lipinski definition) is 5. The summed E-state index contributed by atoms with van der Waals surface area (Å²) in [6.07, 6.45) is 0.777. The first-order valence-corrected chi connectivity index (χ1v) is 11.6. The number of rotatable bonds is 10. The highest BCUT2D eigenvalue weighted by Crippen LogP contribution is 2.29. The van der Waals surface area contributed by atoms with E-state index in [4.69, 9.17) is 14.6 Å². The molecule has 3 aromatic rings. The molecule has 3 rings (SSSR count). The molecule has 0 bridgehead atoms. The summed E-state index contributed by atoms with van der Waals surface area (Å²) < 4.78 is 34.1. The fourth-order valence-corrected chi connectivity index (χ4v) is 3.70. The molecular weight excluding hydrogens is 412 g/mol. The molecule has 0 saturated carbocycles. The summed E-state index contributed by atoms with van der Waals surface area (Å²) in [7, 11) is -2.01. The van der Waals surface area contributed by atoms with Crippen LogP contribution in [0.15, 0.2) is 71.6 Å². The van der Waals surface area contributed by atoms with Crippen molar-refractivity contribution in [1.29, 1.82) is 0 Å². The van der Waals surface area contributed by atoms with Crippen LogP contribution in [0.25, 0.3) is 0 Å². The lowest BCUT2D eigenvalue weighted by molar-refractivity contribution is 0.283. The summed E-state index contributed by atoms with van der Waals surface area (Å²) in [5.74, 6) is 1.41. The molecule has 3 aromatic carbocycles. The van der Waals surface area contributed by atoms with E-state index in [0.717, 1.165) is 29.7 Å². The highest BCUT2D eigenvalue weighted by atomic mass is 32.2. The maximum atomic E-state index is 11.3. The minimum absolute atomic E-state index is 0.126. The number of hydrogen-bond donors (Lipinski definition) is 2. The van der Waals surface area contributed by atoms with Crippen LogP contribution >= 0.6 is 0 Å². The van der Waals surface area contributed by atoms with Gasteiger partial charge in [0, 0.05) is 6.54 Å². The van der Waals surface area contributed by atoms with E-state index >= 15 is 0 Å². The second-order valence-electron chi connectivity index (χ2n) is 7.32. The Morgan fingerprint density at radius 3 is 2.32 bits per heavy atom. The zero-order valence-electron chi connectivity index (χ0n) is 17.8. The van der Waals surface area contributed by atoms with Gasteiger partial charge >= 0.3 is 0 Å². The third-order valence-corrected chi connectivity index (χ3v) is 5.97. The summed E-state index contributed by atoms with van der Waals surface area (Å²) in [6.45, 7) is 4.00. The molecule has 0 aliphatic carbocycles. The van der Waals surface area contributed by atoms with E-state index in [-0.39, 0.29) is 4.90 Å². The Hall–Kier alpha value is -2.87. The van der Waals surface area contributed by atoms with Gasteiger partial charge in [0.2, 0.25) is 10.0 Å². The number of ether oxygens (including phenoxy) is 2. The SMILES string of the molecule is COc1cc(CNCCc2ccc(S(N)(=O)=O)cc2)ccc1OCc1ccccc1C. The maximum absolute atomic E-state index is 11.3. The monoisotopic (exact) mass is 440 g/mol. The molecule has 0 aliphatic rings. The van der Waals surface area contributed by atoms with Gasteiger partial charge in [-0.1, -0.05) is 42.5 Å². The van der Waals surface area contributed by atoms with Crippen molar-refractivity contribution in [3.63, 3.8) is 0 Å². The van der Waals surface area contributed by atoms with Crippen molar-refractivity contribution in [2.45, 2.75) is 31.4 Å². The van der Waals surface area contributed by atoms with E-state index in [1.54, 1.807) is 19.2 Å². The molecule has 0 aromatic heterocycles. The van der Waals surface area contributed by atoms with Crippen LogP contribution < -0.4 is 19.9 Å². The van der Waals surface area contributed by atoms with E-state index in [2.05, 4.69) is 24.4 Å². The number of nitrogens with one attached hydrogen (secondary N) is 1. The molecule has 6 nitrogen and oxygen atoms in total. The number of methoxy groups -OCH3 is 1. The van der Waals surface area contributed by atoms with Gasteiger partial charge in [-0.2, -0.15) is 0 Å². The third kappa shape index (κ3) is 6.55. The Bertz CT molecular complexity index is 1110. The lowest BCUT2D eigenvalue weighted by Gasteiger charge is -2.14. The fourth-order valence-electron chi connectivity index (χ4n) is 3.18. The van der Waals surface area contributed by atoms with E-state index in [9.17, 15) is 8.42 Å². The molecule has 0 atom stereocenters. The van der Waals surface area contributed by atoms with Crippen molar-refractivity contribution >= 4 is 10.0 Å². The van der Waals surface area contributed by atoms with Gasteiger partial charge in [-0.25, -0.2) is 13.6 Å². The smallest absolute Gasteiger partial charge is 0.238 e. The normalized spacial score (nSPS) is 11.3. The Balaban J connectivity index is 1.51. The van der Waals surface area contributed by atoms with E-state index < -0.39 is 10.0 Å². The summed E-state index contributed by atoms with van der Waals surface area (Å²) in [6, 6.07) is 20.7. The van der Waals surface area contributed by atoms with Crippen molar-refractivity contribution in [2.24, 2.45) is 5.14 Å². The second kappa shape index (κ2) is 10.4. The first-order chi connectivity index (χ1) is 14.9. The number of aryl methyl sites for hydroxylation is 1. The van der Waals surface area contributed by atoms with Crippen LogP contribution in [0, 0.1) is 6.92 Å². The zero-order valence-corrected chi connectivity index (χ0v) is 18.6. The van der Waals surface area contributed by atoms with E-state index in [0.29, 0.717) is 24.7 Å². The first-order valence-electron chi connectivity index (χ1n) is 10.0. The minimum atomic E-state index is -3.65. The molecule has 3 N–H and O–H groups in total. The van der Waals surface area contributed by atoms with Crippen LogP contribution in [0.2, 0.25) is 0 Å². The first kappa shape index (κ1) is 22.8. The summed E-state index contributed by atoms with van der Waals surface area (Å²) in [5.41, 5.74) is 4.47. The quantitative estimate of drug-likeness (QED) is 0.471. The average Bonchev–Trinajstić information content (AvgIpc) is 2.76. The van der Waals surface area contributed by atoms with Gasteiger partial charge < -0.3 is 14.8 Å². The molecule has 0 saturated heterocycles. The van der Waals surface area contributed by atoms with Crippen LogP contribution in [0.5, 0.6) is 11.5 Å². The molecule has 0 aliphatic heterocycles. The van der Waals surface area contributed by atoms with Gasteiger partial charge in [0.1, 0.15) is 6.61 Å². The Labute approximate surface area is 184 Å². The van der Waals surface area contributed by atoms with Crippen molar-refractivity contribution in [3.8, 4) is 11.5 Å². The van der Waals surface area contributed by atoms with Crippen molar-refractivity contribution in [1.82, 2.24) is 5.32 Å². The van der Waals surface area contributed by atoms with E-state index in [1.807, 2.05) is 30.3 Å². The zero-order chi connectivity index (χ0) is 22.3. The van der Waals surface area contributed by atoms with Crippen molar-refractivity contribution < 1.29 is 17.9 Å². The molecule has 7 heteroatoms. The maximum Gasteiger partial charge on any atom is 0.238 e. The molecule has 0 fully saturated rings. The molecular formula is C24H28N2O4S. The molecule has 0 amide bonds. The lowest BCUT2D eigenvalue weighted by atomic mass is 10.1. The third-order valence-electron chi connectivity index (χ3n) is 5.04. The predicted octanol–water partition coefficient (Wildman–Crippen LogP) is 3.56. The summed E-state index contributed by atoms with van der Waals surface area (Å²) >= 11 is 0. The standard InChI is InChI=1S/C24H28N2O4S/c1-18-5-3-4-6-21(18)17-30-23-12-9-20(15-24(23)29-2)16-26-14-13-19-7-10-22(11-8-19)31(25,27)28/h3-12,15,26H,13-14,16-17H2,1-2H3,(H2,25,27,28). The van der Waals surface area contributed by atoms with E-state index in [1.165, 1.54) is 17.7 Å². The highest BCUT2D eigenvalue weighted by molar-refractivity contribution is 7.89. The van der Waals surface area contributed by atoms with Crippen LogP contribution in [0.3, 0.4) is 0 Å². The fraction of sp³-hybridized carbons (Fsp3) is 0.250. The molecule has 0 unspecified atom stereocenters. The summed E-state index contributed by atoms with van der Waals surface area (Å²) in [5, 5.41) is 8.51.